The third kappa shape index (κ3) is 5.63. The lowest BCUT2D eigenvalue weighted by atomic mass is 10.0. The van der Waals surface area contributed by atoms with Crippen LogP contribution in [0.15, 0.2) is 84.2 Å². The van der Waals surface area contributed by atoms with Crippen LogP contribution in [0.5, 0.6) is 0 Å². The van der Waals surface area contributed by atoms with Gasteiger partial charge in [-0.1, -0.05) is 66.7 Å². The summed E-state index contributed by atoms with van der Waals surface area (Å²) >= 11 is 1.40. The molecule has 0 saturated carbocycles. The van der Waals surface area contributed by atoms with Crippen LogP contribution in [0.3, 0.4) is 0 Å². The van der Waals surface area contributed by atoms with E-state index in [0.717, 1.165) is 29.7 Å². The van der Waals surface area contributed by atoms with Crippen LogP contribution in [0.4, 0.5) is 10.8 Å². The molecule has 5 rings (SSSR count). The zero-order valence-corrected chi connectivity index (χ0v) is 20.7. The van der Waals surface area contributed by atoms with Crippen molar-refractivity contribution in [2.24, 2.45) is 5.92 Å². The summed E-state index contributed by atoms with van der Waals surface area (Å²) in [5.74, 6) is -0.0996. The first-order chi connectivity index (χ1) is 17.5. The molecule has 0 spiro atoms. The summed E-state index contributed by atoms with van der Waals surface area (Å²) in [6.07, 6.45) is 1.73. The fraction of sp³-hybridized carbons (Fsp3) is 0.207. The first kappa shape index (κ1) is 23.8. The number of nitrogens with one attached hydrogen (secondary N) is 1. The van der Waals surface area contributed by atoms with Crippen molar-refractivity contribution in [3.05, 3.63) is 101 Å². The largest absolute Gasteiger partial charge is 0.375 e. The molecule has 2 amide bonds. The van der Waals surface area contributed by atoms with E-state index in [1.807, 2.05) is 77.0 Å². The van der Waals surface area contributed by atoms with Crippen molar-refractivity contribution in [1.29, 1.82) is 0 Å². The molecular formula is C29H28N4O2S. The standard InChI is InChI=1S/C29H28N4O2S/c30-29-32-26(19-36-29)21-10-12-25(13-11-21)31-27(34)14-15-33(18-20-6-2-1-3-7-20)28(35)24-16-22-8-4-5-9-23(22)17-24/h1-13,19,24H,14-18H2,(H2,30,32)(H,31,34). The minimum atomic E-state index is -0.124. The summed E-state index contributed by atoms with van der Waals surface area (Å²) in [6.45, 7) is 0.855. The fourth-order valence-corrected chi connectivity index (χ4v) is 5.24. The molecule has 1 aliphatic carbocycles. The van der Waals surface area contributed by atoms with Crippen LogP contribution in [0, 0.1) is 5.92 Å². The van der Waals surface area contributed by atoms with E-state index in [2.05, 4.69) is 22.4 Å². The number of hydrogen-bond acceptors (Lipinski definition) is 5. The van der Waals surface area contributed by atoms with Gasteiger partial charge in [0.2, 0.25) is 11.8 Å². The quantitative estimate of drug-likeness (QED) is 0.352. The molecular weight excluding hydrogens is 468 g/mol. The van der Waals surface area contributed by atoms with E-state index in [0.29, 0.717) is 23.9 Å². The highest BCUT2D eigenvalue weighted by atomic mass is 32.1. The molecule has 0 radical (unpaired) electrons. The van der Waals surface area contributed by atoms with Crippen LogP contribution in [0.25, 0.3) is 11.3 Å². The molecule has 4 aromatic rings. The van der Waals surface area contributed by atoms with Gasteiger partial charge < -0.3 is 16.0 Å². The Hall–Kier alpha value is -3.97. The van der Waals surface area contributed by atoms with E-state index in [9.17, 15) is 9.59 Å². The minimum absolute atomic E-state index is 0.0820. The van der Waals surface area contributed by atoms with Gasteiger partial charge in [0.1, 0.15) is 0 Å². The number of anilines is 2. The van der Waals surface area contributed by atoms with Gasteiger partial charge in [-0.05, 0) is 41.7 Å². The summed E-state index contributed by atoms with van der Waals surface area (Å²) in [4.78, 5) is 32.4. The summed E-state index contributed by atoms with van der Waals surface area (Å²) in [5.41, 5.74) is 11.7. The van der Waals surface area contributed by atoms with Gasteiger partial charge in [-0.15, -0.1) is 11.3 Å². The zero-order valence-electron chi connectivity index (χ0n) is 19.9. The maximum atomic E-state index is 13.5. The molecule has 1 aliphatic rings. The van der Waals surface area contributed by atoms with Gasteiger partial charge in [-0.2, -0.15) is 0 Å². The number of hydrogen-bond donors (Lipinski definition) is 2. The molecule has 0 saturated heterocycles. The van der Waals surface area contributed by atoms with Crippen LogP contribution in [-0.4, -0.2) is 28.2 Å². The SMILES string of the molecule is Nc1nc(-c2ccc(NC(=O)CCN(Cc3ccccc3)C(=O)C3Cc4ccccc4C3)cc2)cs1. The van der Waals surface area contributed by atoms with Gasteiger partial charge in [-0.25, -0.2) is 4.98 Å². The lowest BCUT2D eigenvalue weighted by molar-refractivity contribution is -0.136. The highest BCUT2D eigenvalue weighted by Gasteiger charge is 2.30. The first-order valence-electron chi connectivity index (χ1n) is 12.1. The Bertz CT molecular complexity index is 1330. The number of carbonyl (C=O) groups excluding carboxylic acids is 2. The molecule has 0 fully saturated rings. The van der Waals surface area contributed by atoms with E-state index >= 15 is 0 Å². The van der Waals surface area contributed by atoms with Gasteiger partial charge >= 0.3 is 0 Å². The van der Waals surface area contributed by atoms with Crippen molar-refractivity contribution >= 4 is 34.0 Å². The smallest absolute Gasteiger partial charge is 0.226 e. The predicted octanol–water partition coefficient (Wildman–Crippen LogP) is 5.16. The monoisotopic (exact) mass is 496 g/mol. The minimum Gasteiger partial charge on any atom is -0.375 e. The van der Waals surface area contributed by atoms with E-state index < -0.39 is 0 Å². The van der Waals surface area contributed by atoms with Crippen molar-refractivity contribution in [1.82, 2.24) is 9.88 Å². The molecule has 1 aromatic heterocycles. The number of amides is 2. The molecule has 0 bridgehead atoms. The number of benzene rings is 3. The summed E-state index contributed by atoms with van der Waals surface area (Å²) in [5, 5.41) is 5.38. The van der Waals surface area contributed by atoms with Gasteiger partial charge in [-0.3, -0.25) is 9.59 Å². The number of fused-ring (bicyclic) bond motifs is 1. The van der Waals surface area contributed by atoms with Crippen molar-refractivity contribution in [2.45, 2.75) is 25.8 Å². The number of aromatic nitrogens is 1. The van der Waals surface area contributed by atoms with Crippen molar-refractivity contribution in [2.75, 3.05) is 17.6 Å². The second kappa shape index (κ2) is 10.7. The Labute approximate surface area is 214 Å². The van der Waals surface area contributed by atoms with Gasteiger partial charge in [0.15, 0.2) is 5.13 Å². The second-order valence-corrected chi connectivity index (χ2v) is 9.96. The Balaban J connectivity index is 1.22. The molecule has 3 N–H and O–H groups in total. The number of nitrogens with two attached hydrogens (primary N) is 1. The molecule has 182 valence electrons. The lowest BCUT2D eigenvalue weighted by Crippen LogP contribution is -2.38. The number of nitrogen functional groups attached to an aromatic ring is 1. The summed E-state index contributed by atoms with van der Waals surface area (Å²) in [6, 6.07) is 25.7. The second-order valence-electron chi connectivity index (χ2n) is 9.07. The number of rotatable bonds is 8. The Morgan fingerprint density at radius 2 is 1.61 bits per heavy atom. The molecule has 0 unspecified atom stereocenters. The van der Waals surface area contributed by atoms with Crippen molar-refractivity contribution < 1.29 is 9.59 Å². The van der Waals surface area contributed by atoms with Crippen molar-refractivity contribution in [3.63, 3.8) is 0 Å². The molecule has 36 heavy (non-hydrogen) atoms. The van der Waals surface area contributed by atoms with Crippen LogP contribution in [0.2, 0.25) is 0 Å². The maximum Gasteiger partial charge on any atom is 0.226 e. The van der Waals surface area contributed by atoms with Gasteiger partial charge in [0.05, 0.1) is 5.69 Å². The number of nitrogens with zero attached hydrogens (tertiary/aromatic N) is 2. The molecule has 3 aromatic carbocycles. The van der Waals surface area contributed by atoms with E-state index in [4.69, 9.17) is 5.73 Å². The normalized spacial score (nSPS) is 12.8. The van der Waals surface area contributed by atoms with Crippen LogP contribution < -0.4 is 11.1 Å². The molecule has 7 heteroatoms. The molecule has 6 nitrogen and oxygen atoms in total. The lowest BCUT2D eigenvalue weighted by Gasteiger charge is -2.26. The Morgan fingerprint density at radius 3 is 2.25 bits per heavy atom. The van der Waals surface area contributed by atoms with E-state index in [1.54, 1.807) is 0 Å². The van der Waals surface area contributed by atoms with Crippen molar-refractivity contribution in [3.8, 4) is 11.3 Å². The van der Waals surface area contributed by atoms with Crippen LogP contribution >= 0.6 is 11.3 Å². The van der Waals surface area contributed by atoms with E-state index in [-0.39, 0.29) is 24.2 Å². The summed E-state index contributed by atoms with van der Waals surface area (Å²) < 4.78 is 0. The number of carbonyl (C=O) groups is 2. The third-order valence-electron chi connectivity index (χ3n) is 6.52. The topological polar surface area (TPSA) is 88.3 Å². The average Bonchev–Trinajstić information content (AvgIpc) is 3.53. The van der Waals surface area contributed by atoms with Crippen LogP contribution in [-0.2, 0) is 29.0 Å². The highest BCUT2D eigenvalue weighted by Crippen LogP contribution is 2.28. The average molecular weight is 497 g/mol. The fourth-order valence-electron chi connectivity index (χ4n) is 4.67. The highest BCUT2D eigenvalue weighted by molar-refractivity contribution is 7.13. The van der Waals surface area contributed by atoms with E-state index in [1.165, 1.54) is 22.5 Å². The third-order valence-corrected chi connectivity index (χ3v) is 7.20. The Morgan fingerprint density at radius 1 is 0.944 bits per heavy atom. The van der Waals surface area contributed by atoms with Gasteiger partial charge in [0, 0.05) is 42.1 Å². The Kier molecular flexibility index (Phi) is 7.09. The predicted molar refractivity (Wildman–Crippen MR) is 144 cm³/mol. The number of thiazole rings is 1. The summed E-state index contributed by atoms with van der Waals surface area (Å²) in [7, 11) is 0. The zero-order chi connectivity index (χ0) is 24.9. The molecule has 0 atom stereocenters. The van der Waals surface area contributed by atoms with Gasteiger partial charge in [0.25, 0.3) is 0 Å². The van der Waals surface area contributed by atoms with Crippen LogP contribution in [0.1, 0.15) is 23.1 Å². The first-order valence-corrected chi connectivity index (χ1v) is 12.9. The molecule has 1 heterocycles. The molecule has 0 aliphatic heterocycles. The maximum absolute atomic E-state index is 13.5.